The maximum atomic E-state index is 11.8. The van der Waals surface area contributed by atoms with Gasteiger partial charge in [0.2, 0.25) is 0 Å². The minimum atomic E-state index is -1.14. The number of hydrogen-bond acceptors (Lipinski definition) is 4. The lowest BCUT2D eigenvalue weighted by molar-refractivity contribution is 0.0690. The van der Waals surface area contributed by atoms with Gasteiger partial charge in [-0.3, -0.25) is 9.78 Å². The van der Waals surface area contributed by atoms with Crippen molar-refractivity contribution in [2.75, 3.05) is 18.1 Å². The first-order valence-electron chi connectivity index (χ1n) is 5.71. The second-order valence-electron chi connectivity index (χ2n) is 3.51. The van der Waals surface area contributed by atoms with Gasteiger partial charge in [0, 0.05) is 12.7 Å². The molecular weight excluding hydrogens is 252 g/mol. The number of aromatic carboxylic acids is 1. The molecule has 0 saturated carbocycles. The summed E-state index contributed by atoms with van der Waals surface area (Å²) in [5, 5.41) is 11.6. The minimum Gasteiger partial charge on any atom is -0.478 e. The summed E-state index contributed by atoms with van der Waals surface area (Å²) in [5.74, 6) is 0.451. The van der Waals surface area contributed by atoms with Crippen LogP contribution in [0.4, 0.5) is 0 Å². The van der Waals surface area contributed by atoms with Crippen LogP contribution in [0.25, 0.3) is 0 Å². The first kappa shape index (κ1) is 14.5. The minimum absolute atomic E-state index is 0.0341. The summed E-state index contributed by atoms with van der Waals surface area (Å²) in [5.41, 5.74) is -0.105. The van der Waals surface area contributed by atoms with E-state index in [1.807, 2.05) is 0 Å². The van der Waals surface area contributed by atoms with E-state index in [4.69, 9.17) is 5.11 Å². The largest absolute Gasteiger partial charge is 0.478 e. The molecule has 0 aromatic carbocycles. The fourth-order valence-electron chi connectivity index (χ4n) is 1.36. The standard InChI is InChI=1S/C12H16N2O3S/c1-2-18-8-4-7-14-11(15)10-9(12(16)17)5-3-6-13-10/h3,5-6H,2,4,7-8H2,1H3,(H,14,15)(H,16,17). The van der Waals surface area contributed by atoms with E-state index in [-0.39, 0.29) is 11.3 Å². The van der Waals surface area contributed by atoms with E-state index in [0.29, 0.717) is 6.54 Å². The molecule has 0 aliphatic carbocycles. The summed E-state index contributed by atoms with van der Waals surface area (Å²) in [6.45, 7) is 2.61. The summed E-state index contributed by atoms with van der Waals surface area (Å²) >= 11 is 1.80. The third-order valence-corrected chi connectivity index (χ3v) is 3.19. The normalized spacial score (nSPS) is 10.1. The molecule has 0 saturated heterocycles. The number of rotatable bonds is 7. The highest BCUT2D eigenvalue weighted by Crippen LogP contribution is 2.05. The molecule has 0 unspecified atom stereocenters. The fourth-order valence-corrected chi connectivity index (χ4v) is 2.00. The number of carbonyl (C=O) groups excluding carboxylic acids is 1. The molecule has 1 heterocycles. The van der Waals surface area contributed by atoms with E-state index >= 15 is 0 Å². The Hall–Kier alpha value is -1.56. The molecule has 18 heavy (non-hydrogen) atoms. The molecule has 0 spiro atoms. The second-order valence-corrected chi connectivity index (χ2v) is 4.90. The summed E-state index contributed by atoms with van der Waals surface area (Å²) in [6, 6.07) is 2.87. The zero-order valence-electron chi connectivity index (χ0n) is 10.2. The molecule has 0 radical (unpaired) electrons. The Morgan fingerprint density at radius 2 is 2.28 bits per heavy atom. The van der Waals surface area contributed by atoms with Gasteiger partial charge in [0.05, 0.1) is 5.56 Å². The summed E-state index contributed by atoms with van der Waals surface area (Å²) < 4.78 is 0. The lowest BCUT2D eigenvalue weighted by Crippen LogP contribution is -2.27. The van der Waals surface area contributed by atoms with Gasteiger partial charge in [0.1, 0.15) is 5.69 Å². The first-order chi connectivity index (χ1) is 8.66. The molecule has 1 aromatic heterocycles. The van der Waals surface area contributed by atoms with Gasteiger partial charge >= 0.3 is 5.97 Å². The molecule has 1 amide bonds. The molecule has 2 N–H and O–H groups in total. The summed E-state index contributed by atoms with van der Waals surface area (Å²) in [7, 11) is 0. The Labute approximate surface area is 110 Å². The number of carbonyl (C=O) groups is 2. The van der Waals surface area contributed by atoms with Gasteiger partial charge in [-0.25, -0.2) is 4.79 Å². The Bertz CT molecular complexity index is 424. The van der Waals surface area contributed by atoms with Crippen molar-refractivity contribution in [2.24, 2.45) is 0 Å². The molecule has 0 fully saturated rings. The van der Waals surface area contributed by atoms with Gasteiger partial charge in [0.15, 0.2) is 0 Å². The van der Waals surface area contributed by atoms with Crippen LogP contribution in [0, 0.1) is 0 Å². The number of pyridine rings is 1. The van der Waals surface area contributed by atoms with E-state index < -0.39 is 11.9 Å². The van der Waals surface area contributed by atoms with Crippen molar-refractivity contribution in [1.29, 1.82) is 0 Å². The average molecular weight is 268 g/mol. The molecule has 0 bridgehead atoms. The van der Waals surface area contributed by atoms with Crippen molar-refractivity contribution in [3.8, 4) is 0 Å². The van der Waals surface area contributed by atoms with Crippen molar-refractivity contribution in [3.63, 3.8) is 0 Å². The lowest BCUT2D eigenvalue weighted by atomic mass is 10.2. The number of thioether (sulfide) groups is 1. The van der Waals surface area contributed by atoms with E-state index in [1.165, 1.54) is 18.3 Å². The topological polar surface area (TPSA) is 79.3 Å². The highest BCUT2D eigenvalue weighted by molar-refractivity contribution is 7.99. The number of aromatic nitrogens is 1. The van der Waals surface area contributed by atoms with E-state index in [9.17, 15) is 9.59 Å². The van der Waals surface area contributed by atoms with Crippen LogP contribution in [0.15, 0.2) is 18.3 Å². The predicted molar refractivity (Wildman–Crippen MR) is 71.1 cm³/mol. The number of nitrogens with one attached hydrogen (secondary N) is 1. The number of nitrogens with zero attached hydrogens (tertiary/aromatic N) is 1. The van der Waals surface area contributed by atoms with Crippen molar-refractivity contribution < 1.29 is 14.7 Å². The maximum absolute atomic E-state index is 11.8. The van der Waals surface area contributed by atoms with Crippen LogP contribution < -0.4 is 5.32 Å². The zero-order valence-corrected chi connectivity index (χ0v) is 11.0. The molecule has 1 aromatic rings. The van der Waals surface area contributed by atoms with E-state index in [1.54, 1.807) is 11.8 Å². The van der Waals surface area contributed by atoms with Crippen LogP contribution in [0.5, 0.6) is 0 Å². The predicted octanol–water partition coefficient (Wildman–Crippen LogP) is 1.65. The van der Waals surface area contributed by atoms with Gasteiger partial charge < -0.3 is 10.4 Å². The van der Waals surface area contributed by atoms with Crippen LogP contribution in [0.1, 0.15) is 34.2 Å². The number of carboxylic acids is 1. The van der Waals surface area contributed by atoms with Gasteiger partial charge in [-0.05, 0) is 30.1 Å². The number of carboxylic acid groups (broad SMARTS) is 1. The van der Waals surface area contributed by atoms with Crippen LogP contribution in [0.3, 0.4) is 0 Å². The first-order valence-corrected chi connectivity index (χ1v) is 6.86. The Morgan fingerprint density at radius 3 is 2.94 bits per heavy atom. The Kier molecular flexibility index (Phi) is 6.21. The highest BCUT2D eigenvalue weighted by atomic mass is 32.2. The summed E-state index contributed by atoms with van der Waals surface area (Å²) in [6.07, 6.45) is 2.27. The highest BCUT2D eigenvalue weighted by Gasteiger charge is 2.16. The number of amides is 1. The number of hydrogen-bond donors (Lipinski definition) is 2. The SMILES string of the molecule is CCSCCCNC(=O)c1ncccc1C(=O)O. The summed E-state index contributed by atoms with van der Waals surface area (Å²) in [4.78, 5) is 26.5. The monoisotopic (exact) mass is 268 g/mol. The fraction of sp³-hybridized carbons (Fsp3) is 0.417. The third-order valence-electron chi connectivity index (χ3n) is 2.21. The van der Waals surface area contributed by atoms with Gasteiger partial charge in [0.25, 0.3) is 5.91 Å². The maximum Gasteiger partial charge on any atom is 0.338 e. The van der Waals surface area contributed by atoms with Crippen molar-refractivity contribution in [3.05, 3.63) is 29.6 Å². The third kappa shape index (κ3) is 4.37. The second kappa shape index (κ2) is 7.71. The Morgan fingerprint density at radius 1 is 1.50 bits per heavy atom. The smallest absolute Gasteiger partial charge is 0.338 e. The molecule has 0 aliphatic rings. The molecule has 98 valence electrons. The molecule has 5 nitrogen and oxygen atoms in total. The molecule has 0 atom stereocenters. The molecule has 6 heteroatoms. The van der Waals surface area contributed by atoms with E-state index in [2.05, 4.69) is 17.2 Å². The van der Waals surface area contributed by atoms with Gasteiger partial charge in [-0.2, -0.15) is 11.8 Å². The molecular formula is C12H16N2O3S. The Balaban J connectivity index is 2.54. The molecule has 0 aliphatic heterocycles. The van der Waals surface area contributed by atoms with Gasteiger partial charge in [-0.15, -0.1) is 0 Å². The van der Waals surface area contributed by atoms with E-state index in [0.717, 1.165) is 17.9 Å². The molecule has 1 rings (SSSR count). The van der Waals surface area contributed by atoms with Crippen LogP contribution in [0.2, 0.25) is 0 Å². The van der Waals surface area contributed by atoms with Crippen LogP contribution in [-0.4, -0.2) is 40.0 Å². The van der Waals surface area contributed by atoms with Crippen molar-refractivity contribution >= 4 is 23.6 Å². The average Bonchev–Trinajstić information content (AvgIpc) is 2.38. The van der Waals surface area contributed by atoms with Crippen LogP contribution >= 0.6 is 11.8 Å². The zero-order chi connectivity index (χ0) is 13.4. The lowest BCUT2D eigenvalue weighted by Gasteiger charge is -2.06. The van der Waals surface area contributed by atoms with Crippen molar-refractivity contribution in [2.45, 2.75) is 13.3 Å². The quantitative estimate of drug-likeness (QED) is 0.735. The van der Waals surface area contributed by atoms with Crippen LogP contribution in [-0.2, 0) is 0 Å². The van der Waals surface area contributed by atoms with Gasteiger partial charge in [-0.1, -0.05) is 6.92 Å². The van der Waals surface area contributed by atoms with Crippen molar-refractivity contribution in [1.82, 2.24) is 10.3 Å².